The Morgan fingerprint density at radius 2 is 1.24 bits per heavy atom. The molecule has 272 valence electrons. The number of fused-ring (bicyclic) bond motifs is 13. The number of hydrogen-bond acceptors (Lipinski definition) is 4. The number of nitrogens with zero attached hydrogens (tertiary/aromatic N) is 4. The van der Waals surface area contributed by atoms with Gasteiger partial charge in [-0.25, -0.2) is 9.97 Å². The minimum Gasteiger partial charge on any atom is -0.461 e. The molecule has 58 heavy (non-hydrogen) atoms. The molecular weight excluding hydrogens is 713 g/mol. The molecule has 1 unspecified atom stereocenters. The maximum Gasteiger partial charge on any atom is 0.235 e. The molecule has 1 atom stereocenters. The molecule has 0 N–H and O–H groups in total. The van der Waals surface area contributed by atoms with E-state index < -0.39 is 0 Å². The highest BCUT2D eigenvalue weighted by atomic mass is 16.5. The molecule has 0 saturated heterocycles. The number of para-hydroxylation sites is 4. The van der Waals surface area contributed by atoms with Crippen LogP contribution in [0.5, 0.6) is 5.75 Å². The second-order valence-corrected chi connectivity index (χ2v) is 15.3. The van der Waals surface area contributed by atoms with Crippen LogP contribution in [0.25, 0.3) is 99.7 Å². The van der Waals surface area contributed by atoms with E-state index in [1.54, 1.807) is 0 Å². The number of rotatable bonds is 4. The van der Waals surface area contributed by atoms with Gasteiger partial charge in [-0.2, -0.15) is 0 Å². The van der Waals surface area contributed by atoms with Gasteiger partial charge in [0.05, 0.1) is 39.4 Å². The SMILES string of the molecule is C1=CCC2C(=C1)Oc1ccc3oc4c(-c5cc(-c6ccccc6)nc(-n6c7ccccc7c7cc8c9ccccc9n(-c9ccccc9)c8cc76)n5)cccc4c3c12. The van der Waals surface area contributed by atoms with Crippen molar-refractivity contribution in [3.05, 3.63) is 187 Å². The predicted octanol–water partition coefficient (Wildman–Crippen LogP) is 13.2. The van der Waals surface area contributed by atoms with Crippen LogP contribution in [0.3, 0.4) is 0 Å². The van der Waals surface area contributed by atoms with Crippen LogP contribution in [-0.4, -0.2) is 19.1 Å². The van der Waals surface area contributed by atoms with Crippen LogP contribution in [0.15, 0.2) is 186 Å². The summed E-state index contributed by atoms with van der Waals surface area (Å²) in [4.78, 5) is 10.9. The van der Waals surface area contributed by atoms with Gasteiger partial charge in [0.25, 0.3) is 0 Å². The van der Waals surface area contributed by atoms with Crippen LogP contribution < -0.4 is 4.74 Å². The highest BCUT2D eigenvalue weighted by Crippen LogP contribution is 2.51. The van der Waals surface area contributed by atoms with E-state index in [2.05, 4.69) is 167 Å². The predicted molar refractivity (Wildman–Crippen MR) is 234 cm³/mol. The van der Waals surface area contributed by atoms with Gasteiger partial charge in [0.15, 0.2) is 0 Å². The van der Waals surface area contributed by atoms with Gasteiger partial charge in [-0.1, -0.05) is 109 Å². The van der Waals surface area contributed by atoms with E-state index in [1.807, 2.05) is 18.2 Å². The molecule has 13 rings (SSSR count). The van der Waals surface area contributed by atoms with Gasteiger partial charge in [-0.15, -0.1) is 0 Å². The standard InChI is InChI=1S/C52H32N4O2/c1-3-14-31(15-4-1)40-29-41(35-21-13-22-37-50-48(58-51(35)37)27-26-47-49(50)36-20-9-12-25-46(36)57-47)54-52(53-40)56-43-24-11-8-19-34(43)39-28-38-33-18-7-10-23-42(33)55(44(38)30-45(39)56)32-16-5-2-6-17-32/h1-19,21-30,36H,20H2. The molecule has 11 aromatic rings. The molecule has 0 saturated carbocycles. The van der Waals surface area contributed by atoms with Gasteiger partial charge in [-0.05, 0) is 73.2 Å². The molecule has 0 bridgehead atoms. The molecule has 0 fully saturated rings. The molecule has 5 heterocycles. The summed E-state index contributed by atoms with van der Waals surface area (Å²) in [7, 11) is 0. The van der Waals surface area contributed by atoms with Gasteiger partial charge < -0.3 is 13.7 Å². The molecular formula is C52H32N4O2. The molecule has 2 aliphatic rings. The Morgan fingerprint density at radius 1 is 0.552 bits per heavy atom. The normalized spacial score (nSPS) is 14.8. The van der Waals surface area contributed by atoms with Crippen LogP contribution in [-0.2, 0) is 0 Å². The summed E-state index contributed by atoms with van der Waals surface area (Å²) in [5, 5.41) is 6.88. The fraction of sp³-hybridized carbons (Fsp3) is 0.0385. The van der Waals surface area contributed by atoms with Gasteiger partial charge in [0, 0.05) is 54.7 Å². The highest BCUT2D eigenvalue weighted by Gasteiger charge is 2.34. The number of benzene rings is 7. The fourth-order valence-corrected chi connectivity index (χ4v) is 9.57. The van der Waals surface area contributed by atoms with E-state index in [9.17, 15) is 0 Å². The van der Waals surface area contributed by atoms with Gasteiger partial charge in [0.1, 0.15) is 22.7 Å². The van der Waals surface area contributed by atoms with Crippen LogP contribution in [0.4, 0.5) is 0 Å². The van der Waals surface area contributed by atoms with Crippen molar-refractivity contribution in [3.63, 3.8) is 0 Å². The third kappa shape index (κ3) is 4.42. The lowest BCUT2D eigenvalue weighted by Crippen LogP contribution is -2.04. The molecule has 1 aliphatic carbocycles. The van der Waals surface area contributed by atoms with Crippen molar-refractivity contribution in [2.75, 3.05) is 0 Å². The summed E-state index contributed by atoms with van der Waals surface area (Å²) in [5.74, 6) is 2.67. The van der Waals surface area contributed by atoms with Crippen LogP contribution in [0, 0.1) is 0 Å². The summed E-state index contributed by atoms with van der Waals surface area (Å²) < 4.78 is 17.8. The van der Waals surface area contributed by atoms with E-state index >= 15 is 0 Å². The first-order chi connectivity index (χ1) is 28.8. The third-order valence-electron chi connectivity index (χ3n) is 12.1. The Bertz CT molecular complexity index is 3570. The van der Waals surface area contributed by atoms with E-state index in [4.69, 9.17) is 19.1 Å². The van der Waals surface area contributed by atoms with Crippen molar-refractivity contribution < 1.29 is 9.15 Å². The minimum atomic E-state index is 0.172. The molecule has 0 amide bonds. The number of ether oxygens (including phenoxy) is 1. The first-order valence-corrected chi connectivity index (χ1v) is 19.8. The number of hydrogen-bond donors (Lipinski definition) is 0. The third-order valence-corrected chi connectivity index (χ3v) is 12.1. The lowest BCUT2D eigenvalue weighted by molar-refractivity contribution is 0.425. The average Bonchev–Trinajstić information content (AvgIpc) is 4.03. The Balaban J connectivity index is 1.10. The van der Waals surface area contributed by atoms with Crippen LogP contribution in [0.1, 0.15) is 17.9 Å². The Labute approximate surface area is 332 Å². The maximum atomic E-state index is 6.83. The topological polar surface area (TPSA) is 58.0 Å². The maximum absolute atomic E-state index is 6.83. The molecule has 0 spiro atoms. The lowest BCUT2D eigenvalue weighted by Gasteiger charge is -2.13. The van der Waals surface area contributed by atoms with E-state index in [0.29, 0.717) is 5.95 Å². The monoisotopic (exact) mass is 744 g/mol. The van der Waals surface area contributed by atoms with Crippen molar-refractivity contribution in [1.29, 1.82) is 0 Å². The van der Waals surface area contributed by atoms with Crippen molar-refractivity contribution in [1.82, 2.24) is 19.1 Å². The zero-order valence-corrected chi connectivity index (χ0v) is 31.1. The smallest absolute Gasteiger partial charge is 0.235 e. The van der Waals surface area contributed by atoms with Crippen LogP contribution in [0.2, 0.25) is 0 Å². The zero-order chi connectivity index (χ0) is 37.9. The summed E-state index contributed by atoms with van der Waals surface area (Å²) in [5.41, 5.74) is 11.9. The van der Waals surface area contributed by atoms with E-state index in [-0.39, 0.29) is 5.92 Å². The quantitative estimate of drug-likeness (QED) is 0.180. The summed E-state index contributed by atoms with van der Waals surface area (Å²) in [6.07, 6.45) is 7.28. The van der Waals surface area contributed by atoms with Crippen LogP contribution >= 0.6 is 0 Å². The second kappa shape index (κ2) is 11.9. The number of furan rings is 1. The van der Waals surface area contributed by atoms with Gasteiger partial charge in [0.2, 0.25) is 5.95 Å². The largest absolute Gasteiger partial charge is 0.461 e. The van der Waals surface area contributed by atoms with Gasteiger partial charge in [-0.3, -0.25) is 4.57 Å². The van der Waals surface area contributed by atoms with Crippen molar-refractivity contribution in [2.45, 2.75) is 12.3 Å². The van der Waals surface area contributed by atoms with Crippen molar-refractivity contribution in [2.24, 2.45) is 0 Å². The van der Waals surface area contributed by atoms with Crippen molar-refractivity contribution >= 4 is 65.6 Å². The average molecular weight is 745 g/mol. The van der Waals surface area contributed by atoms with Crippen molar-refractivity contribution in [3.8, 4) is 39.9 Å². The molecule has 7 aromatic carbocycles. The van der Waals surface area contributed by atoms with E-state index in [0.717, 1.165) is 95.4 Å². The molecule has 6 nitrogen and oxygen atoms in total. The molecule has 4 aromatic heterocycles. The number of allylic oxidation sites excluding steroid dienone is 4. The Kier molecular flexibility index (Phi) is 6.46. The second-order valence-electron chi connectivity index (χ2n) is 15.3. The fourth-order valence-electron chi connectivity index (χ4n) is 9.57. The highest BCUT2D eigenvalue weighted by molar-refractivity contribution is 6.19. The molecule has 1 aliphatic heterocycles. The molecule has 6 heteroatoms. The summed E-state index contributed by atoms with van der Waals surface area (Å²) >= 11 is 0. The summed E-state index contributed by atoms with van der Waals surface area (Å²) in [6.45, 7) is 0. The first-order valence-electron chi connectivity index (χ1n) is 19.8. The molecule has 0 radical (unpaired) electrons. The zero-order valence-electron chi connectivity index (χ0n) is 31.1. The van der Waals surface area contributed by atoms with Gasteiger partial charge >= 0.3 is 0 Å². The lowest BCUT2D eigenvalue weighted by atomic mass is 9.89. The minimum absolute atomic E-state index is 0.172. The van der Waals surface area contributed by atoms with E-state index in [1.165, 1.54) is 21.9 Å². The first kappa shape index (κ1) is 31.5. The summed E-state index contributed by atoms with van der Waals surface area (Å²) in [6, 6.07) is 55.5. The Morgan fingerprint density at radius 3 is 2.05 bits per heavy atom. The number of aromatic nitrogens is 4. The Hall–Kier alpha value is -7.70.